The quantitative estimate of drug-likeness (QED) is 0.697. The molecule has 1 heterocycles. The van der Waals surface area contributed by atoms with Crippen molar-refractivity contribution in [2.24, 2.45) is 5.92 Å². The van der Waals surface area contributed by atoms with E-state index in [4.69, 9.17) is 0 Å². The molecule has 2 aliphatic rings. The van der Waals surface area contributed by atoms with Gasteiger partial charge in [-0.25, -0.2) is 0 Å². The van der Waals surface area contributed by atoms with E-state index < -0.39 is 0 Å². The molecule has 1 saturated carbocycles. The maximum atomic E-state index is 11.4. The van der Waals surface area contributed by atoms with E-state index in [1.54, 1.807) is 0 Å². The Bertz CT molecular complexity index is 227. The number of hydrogen-bond donors (Lipinski definition) is 0. The molecule has 0 aromatic heterocycles. The van der Waals surface area contributed by atoms with Crippen LogP contribution in [0.1, 0.15) is 51.9 Å². The molecule has 0 aromatic carbocycles. The first-order valence-electron chi connectivity index (χ1n) is 6.55. The third kappa shape index (κ3) is 2.81. The van der Waals surface area contributed by atoms with Gasteiger partial charge in [-0.3, -0.25) is 9.69 Å². The van der Waals surface area contributed by atoms with Crippen LogP contribution in [-0.2, 0) is 4.79 Å². The van der Waals surface area contributed by atoms with E-state index in [0.717, 1.165) is 31.8 Å². The summed E-state index contributed by atoms with van der Waals surface area (Å²) in [6.45, 7) is 4.20. The van der Waals surface area contributed by atoms with Crippen molar-refractivity contribution in [3.63, 3.8) is 0 Å². The van der Waals surface area contributed by atoms with E-state index >= 15 is 0 Å². The lowest BCUT2D eigenvalue weighted by Crippen LogP contribution is -2.45. The Morgan fingerprint density at radius 1 is 1.33 bits per heavy atom. The minimum Gasteiger partial charge on any atom is -0.298 e. The Morgan fingerprint density at radius 3 is 2.93 bits per heavy atom. The first kappa shape index (κ1) is 11.1. The lowest BCUT2D eigenvalue weighted by molar-refractivity contribution is -0.123. The van der Waals surface area contributed by atoms with E-state index in [2.05, 4.69) is 11.8 Å². The smallest absolute Gasteiger partial charge is 0.146 e. The Kier molecular flexibility index (Phi) is 3.79. The molecule has 2 rings (SSSR count). The summed E-state index contributed by atoms with van der Waals surface area (Å²) in [5, 5.41) is 0. The number of likely N-dealkylation sites (tertiary alicyclic amines) is 1. The van der Waals surface area contributed by atoms with Crippen LogP contribution >= 0.6 is 0 Å². The largest absolute Gasteiger partial charge is 0.298 e. The molecule has 1 aliphatic carbocycles. The summed E-state index contributed by atoms with van der Waals surface area (Å²) >= 11 is 0. The van der Waals surface area contributed by atoms with E-state index in [-0.39, 0.29) is 0 Å². The SMILES string of the molecule is CCC1CCCC(N2CCCC(=O)C2)C1. The van der Waals surface area contributed by atoms with Crippen molar-refractivity contribution in [1.29, 1.82) is 0 Å². The fourth-order valence-corrected chi connectivity index (χ4v) is 3.14. The van der Waals surface area contributed by atoms with Crippen LogP contribution in [0.15, 0.2) is 0 Å². The van der Waals surface area contributed by atoms with Crippen molar-refractivity contribution in [2.45, 2.75) is 57.9 Å². The first-order valence-corrected chi connectivity index (χ1v) is 6.55. The molecule has 1 saturated heterocycles. The van der Waals surface area contributed by atoms with Crippen molar-refractivity contribution in [2.75, 3.05) is 13.1 Å². The van der Waals surface area contributed by atoms with Crippen LogP contribution in [0.4, 0.5) is 0 Å². The van der Waals surface area contributed by atoms with Gasteiger partial charge in [-0.1, -0.05) is 26.2 Å². The summed E-state index contributed by atoms with van der Waals surface area (Å²) in [4.78, 5) is 13.9. The number of rotatable bonds is 2. The number of Topliss-reactive ketones (excluding diaryl/α,β-unsaturated/α-hetero) is 1. The second-order valence-corrected chi connectivity index (χ2v) is 5.21. The number of piperidine rings is 1. The third-order valence-electron chi connectivity index (χ3n) is 4.13. The van der Waals surface area contributed by atoms with Crippen molar-refractivity contribution in [3.8, 4) is 0 Å². The Morgan fingerprint density at radius 2 is 2.20 bits per heavy atom. The molecule has 0 amide bonds. The summed E-state index contributed by atoms with van der Waals surface area (Å²) in [7, 11) is 0. The highest BCUT2D eigenvalue weighted by atomic mass is 16.1. The number of nitrogens with zero attached hydrogens (tertiary/aromatic N) is 1. The second kappa shape index (κ2) is 5.11. The van der Waals surface area contributed by atoms with Crippen molar-refractivity contribution in [3.05, 3.63) is 0 Å². The molecule has 86 valence electrons. The van der Waals surface area contributed by atoms with Gasteiger partial charge < -0.3 is 0 Å². The maximum absolute atomic E-state index is 11.4. The van der Waals surface area contributed by atoms with Gasteiger partial charge in [0.1, 0.15) is 5.78 Å². The average molecular weight is 209 g/mol. The molecule has 0 spiro atoms. The molecule has 15 heavy (non-hydrogen) atoms. The zero-order valence-corrected chi connectivity index (χ0v) is 9.87. The summed E-state index contributed by atoms with van der Waals surface area (Å²) in [6, 6.07) is 0.716. The summed E-state index contributed by atoms with van der Waals surface area (Å²) in [6.07, 6.45) is 8.67. The van der Waals surface area contributed by atoms with Gasteiger partial charge in [0.05, 0.1) is 6.54 Å². The monoisotopic (exact) mass is 209 g/mol. The van der Waals surface area contributed by atoms with Gasteiger partial charge in [-0.2, -0.15) is 0 Å². The van der Waals surface area contributed by atoms with E-state index in [9.17, 15) is 4.79 Å². The molecule has 2 nitrogen and oxygen atoms in total. The standard InChI is InChI=1S/C13H23NO/c1-2-11-5-3-6-12(9-11)14-8-4-7-13(15)10-14/h11-12H,2-10H2,1H3. The van der Waals surface area contributed by atoms with Crippen molar-refractivity contribution < 1.29 is 4.79 Å². The van der Waals surface area contributed by atoms with Crippen LogP contribution in [0.3, 0.4) is 0 Å². The minimum atomic E-state index is 0.458. The molecular weight excluding hydrogens is 186 g/mol. The van der Waals surface area contributed by atoms with Gasteiger partial charge in [-0.05, 0) is 31.7 Å². The van der Waals surface area contributed by atoms with E-state index in [1.165, 1.54) is 32.1 Å². The van der Waals surface area contributed by atoms with Crippen molar-refractivity contribution >= 4 is 5.78 Å². The molecule has 0 N–H and O–H groups in total. The molecule has 2 unspecified atom stereocenters. The third-order valence-corrected chi connectivity index (χ3v) is 4.13. The van der Waals surface area contributed by atoms with Crippen LogP contribution in [-0.4, -0.2) is 29.8 Å². The van der Waals surface area contributed by atoms with Gasteiger partial charge in [0.15, 0.2) is 0 Å². The van der Waals surface area contributed by atoms with Gasteiger partial charge in [0.25, 0.3) is 0 Å². The molecule has 2 fully saturated rings. The summed E-state index contributed by atoms with van der Waals surface area (Å²) < 4.78 is 0. The van der Waals surface area contributed by atoms with Gasteiger partial charge in [0.2, 0.25) is 0 Å². The van der Waals surface area contributed by atoms with E-state index in [1.807, 2.05) is 0 Å². The average Bonchev–Trinajstić information content (AvgIpc) is 2.29. The van der Waals surface area contributed by atoms with E-state index in [0.29, 0.717) is 11.8 Å². The zero-order valence-electron chi connectivity index (χ0n) is 9.87. The Labute approximate surface area is 93.0 Å². The fourth-order valence-electron chi connectivity index (χ4n) is 3.14. The molecule has 2 atom stereocenters. The minimum absolute atomic E-state index is 0.458. The van der Waals surface area contributed by atoms with Gasteiger partial charge >= 0.3 is 0 Å². The van der Waals surface area contributed by atoms with Crippen LogP contribution in [0.2, 0.25) is 0 Å². The summed E-state index contributed by atoms with van der Waals surface area (Å²) in [5.41, 5.74) is 0. The molecule has 1 aliphatic heterocycles. The van der Waals surface area contributed by atoms with Gasteiger partial charge in [-0.15, -0.1) is 0 Å². The molecule has 0 aromatic rings. The first-order chi connectivity index (χ1) is 7.29. The predicted octanol–water partition coefficient (Wildman–Crippen LogP) is 2.62. The number of hydrogen-bond acceptors (Lipinski definition) is 2. The highest BCUT2D eigenvalue weighted by Gasteiger charge is 2.28. The lowest BCUT2D eigenvalue weighted by atomic mass is 9.83. The van der Waals surface area contributed by atoms with Crippen LogP contribution < -0.4 is 0 Å². The van der Waals surface area contributed by atoms with Crippen molar-refractivity contribution in [1.82, 2.24) is 4.90 Å². The fraction of sp³-hybridized carbons (Fsp3) is 0.923. The number of ketones is 1. The second-order valence-electron chi connectivity index (χ2n) is 5.21. The molecule has 0 bridgehead atoms. The maximum Gasteiger partial charge on any atom is 0.146 e. The predicted molar refractivity (Wildman–Crippen MR) is 61.9 cm³/mol. The summed E-state index contributed by atoms with van der Waals surface area (Å²) in [5.74, 6) is 1.38. The normalized spacial score (nSPS) is 34.3. The van der Waals surface area contributed by atoms with Crippen LogP contribution in [0.5, 0.6) is 0 Å². The molecule has 0 radical (unpaired) electrons. The number of carbonyl (C=O) groups excluding carboxylic acids is 1. The van der Waals surface area contributed by atoms with Crippen LogP contribution in [0.25, 0.3) is 0 Å². The Balaban J connectivity index is 1.88. The van der Waals surface area contributed by atoms with Gasteiger partial charge in [0, 0.05) is 12.5 Å². The highest BCUT2D eigenvalue weighted by molar-refractivity contribution is 5.81. The topological polar surface area (TPSA) is 20.3 Å². The Hall–Kier alpha value is -0.370. The lowest BCUT2D eigenvalue weighted by Gasteiger charge is -2.38. The highest BCUT2D eigenvalue weighted by Crippen LogP contribution is 2.30. The number of carbonyl (C=O) groups is 1. The molecule has 2 heteroatoms. The zero-order chi connectivity index (χ0) is 10.7. The molecular formula is C13H23NO. The van der Waals surface area contributed by atoms with Crippen LogP contribution in [0, 0.1) is 5.92 Å².